The quantitative estimate of drug-likeness (QED) is 0.670. The Labute approximate surface area is 168 Å². The molecule has 0 bridgehead atoms. The molecule has 0 saturated heterocycles. The zero-order chi connectivity index (χ0) is 19.8. The van der Waals surface area contributed by atoms with E-state index in [0.717, 1.165) is 28.3 Å². The summed E-state index contributed by atoms with van der Waals surface area (Å²) in [7, 11) is 0. The van der Waals surface area contributed by atoms with E-state index in [4.69, 9.17) is 14.2 Å². The minimum absolute atomic E-state index is 0.00657. The summed E-state index contributed by atoms with van der Waals surface area (Å²) in [5.74, 6) is 2.15. The average Bonchev–Trinajstić information content (AvgIpc) is 3.32. The SMILES string of the molecule is CCOc1ccc(NC2=C(c3ccc4c(c3)OCO4)C(=O)c3ccccc32)cc1. The number of benzene rings is 3. The summed E-state index contributed by atoms with van der Waals surface area (Å²) in [6.07, 6.45) is 0. The Kier molecular flexibility index (Phi) is 4.21. The standard InChI is InChI=1S/C24H19NO4/c1-2-27-17-10-8-16(9-11-17)25-23-18-5-3-4-6-19(18)24(26)22(23)15-7-12-20-21(13-15)29-14-28-20/h3-13,25H,2,14H2,1H3. The molecule has 1 aliphatic heterocycles. The number of ketones is 1. The van der Waals surface area contributed by atoms with Crippen molar-refractivity contribution in [3.63, 3.8) is 0 Å². The summed E-state index contributed by atoms with van der Waals surface area (Å²) in [5.41, 5.74) is 4.66. The number of carbonyl (C=O) groups excluding carboxylic acids is 1. The molecule has 0 unspecified atom stereocenters. The van der Waals surface area contributed by atoms with Gasteiger partial charge < -0.3 is 19.5 Å². The number of hydrogen-bond donors (Lipinski definition) is 1. The van der Waals surface area contributed by atoms with E-state index in [2.05, 4.69) is 5.32 Å². The Balaban J connectivity index is 1.59. The first-order valence-corrected chi connectivity index (χ1v) is 9.53. The molecule has 0 amide bonds. The number of ether oxygens (including phenoxy) is 3. The monoisotopic (exact) mass is 385 g/mol. The molecule has 29 heavy (non-hydrogen) atoms. The van der Waals surface area contributed by atoms with Gasteiger partial charge in [0.25, 0.3) is 0 Å². The molecule has 1 heterocycles. The highest BCUT2D eigenvalue weighted by Crippen LogP contribution is 2.42. The van der Waals surface area contributed by atoms with Crippen molar-refractivity contribution >= 4 is 22.7 Å². The molecule has 0 saturated carbocycles. The summed E-state index contributed by atoms with van der Waals surface area (Å²) in [5, 5.41) is 3.44. The molecule has 0 spiro atoms. The fourth-order valence-corrected chi connectivity index (χ4v) is 3.68. The van der Waals surface area contributed by atoms with Gasteiger partial charge >= 0.3 is 0 Å². The van der Waals surface area contributed by atoms with Gasteiger partial charge in [0, 0.05) is 16.8 Å². The number of carbonyl (C=O) groups is 1. The molecule has 0 atom stereocenters. The number of hydrogen-bond acceptors (Lipinski definition) is 5. The van der Waals surface area contributed by atoms with Crippen LogP contribution in [0.25, 0.3) is 11.3 Å². The van der Waals surface area contributed by atoms with Crippen molar-refractivity contribution in [3.8, 4) is 17.2 Å². The Morgan fingerprint density at radius 3 is 2.48 bits per heavy atom. The molecule has 3 aromatic rings. The van der Waals surface area contributed by atoms with E-state index in [-0.39, 0.29) is 12.6 Å². The van der Waals surface area contributed by atoms with Gasteiger partial charge in [0.2, 0.25) is 6.79 Å². The van der Waals surface area contributed by atoms with Crippen LogP contribution in [0.2, 0.25) is 0 Å². The molecule has 144 valence electrons. The van der Waals surface area contributed by atoms with E-state index in [1.54, 1.807) is 0 Å². The minimum Gasteiger partial charge on any atom is -0.494 e. The summed E-state index contributed by atoms with van der Waals surface area (Å²) in [4.78, 5) is 13.2. The molecule has 3 aromatic carbocycles. The van der Waals surface area contributed by atoms with E-state index < -0.39 is 0 Å². The molecule has 5 rings (SSSR count). The number of allylic oxidation sites excluding steroid dienone is 1. The second-order valence-corrected chi connectivity index (χ2v) is 6.78. The van der Waals surface area contributed by atoms with Crippen LogP contribution in [0, 0.1) is 0 Å². The summed E-state index contributed by atoms with van der Waals surface area (Å²) >= 11 is 0. The third kappa shape index (κ3) is 3.01. The van der Waals surface area contributed by atoms with E-state index in [0.29, 0.717) is 29.2 Å². The maximum atomic E-state index is 13.2. The number of fused-ring (bicyclic) bond motifs is 2. The van der Waals surface area contributed by atoms with Gasteiger partial charge in [-0.05, 0) is 48.9 Å². The third-order valence-corrected chi connectivity index (χ3v) is 5.01. The van der Waals surface area contributed by atoms with E-state index in [9.17, 15) is 4.79 Å². The molecular weight excluding hydrogens is 366 g/mol. The molecule has 1 aliphatic carbocycles. The summed E-state index contributed by atoms with van der Waals surface area (Å²) in [6.45, 7) is 2.77. The maximum Gasteiger partial charge on any atom is 0.231 e. The molecule has 0 radical (unpaired) electrons. The minimum atomic E-state index is -0.00657. The van der Waals surface area contributed by atoms with Gasteiger partial charge in [-0.3, -0.25) is 4.79 Å². The van der Waals surface area contributed by atoms with Gasteiger partial charge in [-0.25, -0.2) is 0 Å². The van der Waals surface area contributed by atoms with Crippen LogP contribution in [0.4, 0.5) is 5.69 Å². The average molecular weight is 385 g/mol. The fraction of sp³-hybridized carbons (Fsp3) is 0.125. The van der Waals surface area contributed by atoms with E-state index >= 15 is 0 Å². The van der Waals surface area contributed by atoms with Crippen LogP contribution in [0.1, 0.15) is 28.4 Å². The van der Waals surface area contributed by atoms with Crippen molar-refractivity contribution in [1.82, 2.24) is 0 Å². The molecule has 5 nitrogen and oxygen atoms in total. The largest absolute Gasteiger partial charge is 0.494 e. The highest BCUT2D eigenvalue weighted by Gasteiger charge is 2.31. The van der Waals surface area contributed by atoms with Crippen molar-refractivity contribution in [1.29, 1.82) is 0 Å². The molecule has 0 fully saturated rings. The Morgan fingerprint density at radius 1 is 0.931 bits per heavy atom. The predicted octanol–water partition coefficient (Wildman–Crippen LogP) is 4.99. The first kappa shape index (κ1) is 17.4. The summed E-state index contributed by atoms with van der Waals surface area (Å²) < 4.78 is 16.4. The topological polar surface area (TPSA) is 56.8 Å². The maximum absolute atomic E-state index is 13.2. The van der Waals surface area contributed by atoms with Crippen molar-refractivity contribution < 1.29 is 19.0 Å². The lowest BCUT2D eigenvalue weighted by atomic mass is 10.0. The first-order chi connectivity index (χ1) is 14.2. The number of rotatable bonds is 5. The highest BCUT2D eigenvalue weighted by molar-refractivity contribution is 6.40. The molecule has 2 aliphatic rings. The van der Waals surface area contributed by atoms with Gasteiger partial charge in [-0.15, -0.1) is 0 Å². The van der Waals surface area contributed by atoms with Crippen LogP contribution in [0.3, 0.4) is 0 Å². The highest BCUT2D eigenvalue weighted by atomic mass is 16.7. The lowest BCUT2D eigenvalue weighted by Crippen LogP contribution is -2.01. The smallest absolute Gasteiger partial charge is 0.231 e. The second kappa shape index (κ2) is 7.02. The first-order valence-electron chi connectivity index (χ1n) is 9.53. The molecular formula is C24H19NO4. The van der Waals surface area contributed by atoms with Gasteiger partial charge in [0.05, 0.1) is 17.9 Å². The Bertz CT molecular complexity index is 1130. The Morgan fingerprint density at radius 2 is 1.69 bits per heavy atom. The van der Waals surface area contributed by atoms with Gasteiger partial charge in [0.15, 0.2) is 17.3 Å². The summed E-state index contributed by atoms with van der Waals surface area (Å²) in [6, 6.07) is 21.0. The molecule has 1 N–H and O–H groups in total. The van der Waals surface area contributed by atoms with Gasteiger partial charge in [0.1, 0.15) is 5.75 Å². The third-order valence-electron chi connectivity index (χ3n) is 5.01. The lowest BCUT2D eigenvalue weighted by molar-refractivity contribution is 0.105. The van der Waals surface area contributed by atoms with Gasteiger partial charge in [-0.2, -0.15) is 0 Å². The Hall–Kier alpha value is -3.73. The normalized spacial score (nSPS) is 14.2. The van der Waals surface area contributed by atoms with Crippen LogP contribution in [0.15, 0.2) is 66.7 Å². The number of Topliss-reactive ketones (excluding diaryl/α,β-unsaturated/α-hetero) is 1. The van der Waals surface area contributed by atoms with E-state index in [1.807, 2.05) is 73.7 Å². The van der Waals surface area contributed by atoms with Gasteiger partial charge in [-0.1, -0.05) is 30.3 Å². The van der Waals surface area contributed by atoms with Crippen LogP contribution in [0.5, 0.6) is 17.2 Å². The van der Waals surface area contributed by atoms with Crippen molar-refractivity contribution in [3.05, 3.63) is 83.4 Å². The van der Waals surface area contributed by atoms with Crippen LogP contribution < -0.4 is 19.5 Å². The van der Waals surface area contributed by atoms with Crippen LogP contribution >= 0.6 is 0 Å². The predicted molar refractivity (Wildman–Crippen MR) is 111 cm³/mol. The van der Waals surface area contributed by atoms with Crippen LogP contribution in [-0.2, 0) is 0 Å². The second-order valence-electron chi connectivity index (χ2n) is 6.78. The van der Waals surface area contributed by atoms with E-state index in [1.165, 1.54) is 0 Å². The lowest BCUT2D eigenvalue weighted by Gasteiger charge is -2.13. The number of anilines is 1. The van der Waals surface area contributed by atoms with Crippen LogP contribution in [-0.4, -0.2) is 19.2 Å². The fourth-order valence-electron chi connectivity index (χ4n) is 3.68. The number of nitrogens with one attached hydrogen (secondary N) is 1. The van der Waals surface area contributed by atoms with Crippen molar-refractivity contribution in [2.24, 2.45) is 0 Å². The molecule has 5 heteroatoms. The van der Waals surface area contributed by atoms with Crippen molar-refractivity contribution in [2.75, 3.05) is 18.7 Å². The zero-order valence-corrected chi connectivity index (χ0v) is 15.9. The zero-order valence-electron chi connectivity index (χ0n) is 15.9. The van der Waals surface area contributed by atoms with Crippen molar-refractivity contribution in [2.45, 2.75) is 6.92 Å². The molecule has 0 aromatic heterocycles.